The van der Waals surface area contributed by atoms with Crippen LogP contribution in [0.1, 0.15) is 25.7 Å². The Hall–Kier alpha value is -0.300. The molecule has 0 heterocycles. The minimum atomic E-state index is 0.800. The third-order valence-electron chi connectivity index (χ3n) is 2.05. The third-order valence-corrected chi connectivity index (χ3v) is 2.05. The van der Waals surface area contributed by atoms with Crippen molar-refractivity contribution in [2.45, 2.75) is 25.7 Å². The third kappa shape index (κ3) is 2.53. The molecule has 1 heteroatoms. The van der Waals surface area contributed by atoms with E-state index in [2.05, 4.69) is 12.2 Å². The summed E-state index contributed by atoms with van der Waals surface area (Å²) in [6, 6.07) is 0. The molecule has 1 aliphatic carbocycles. The summed E-state index contributed by atoms with van der Waals surface area (Å²) in [6.07, 6.45) is 9.84. The molecule has 1 rings (SSSR count). The summed E-state index contributed by atoms with van der Waals surface area (Å²) in [5, 5.41) is 0. The van der Waals surface area contributed by atoms with Crippen molar-refractivity contribution in [2.75, 3.05) is 13.7 Å². The smallest absolute Gasteiger partial charge is 0.0467 e. The van der Waals surface area contributed by atoms with Crippen LogP contribution in [0.15, 0.2) is 12.2 Å². The second kappa shape index (κ2) is 4.51. The second-order valence-corrected chi connectivity index (χ2v) is 2.90. The van der Waals surface area contributed by atoms with Crippen molar-refractivity contribution in [3.05, 3.63) is 12.2 Å². The minimum absolute atomic E-state index is 0.800. The summed E-state index contributed by atoms with van der Waals surface area (Å²) in [7, 11) is 1.77. The van der Waals surface area contributed by atoms with Crippen molar-refractivity contribution >= 4 is 0 Å². The molecule has 10 heavy (non-hydrogen) atoms. The number of rotatable bonds is 3. The first-order valence-electron chi connectivity index (χ1n) is 4.09. The SMILES string of the molecule is COCCC1C=CCCC1. The standard InChI is InChI=1S/C9H16O/c1-10-8-7-9-5-3-2-4-6-9/h3,5,9H,2,4,6-8H2,1H3. The first-order chi connectivity index (χ1) is 4.93. The van der Waals surface area contributed by atoms with E-state index >= 15 is 0 Å². The zero-order chi connectivity index (χ0) is 7.23. The predicted octanol–water partition coefficient (Wildman–Crippen LogP) is 2.38. The Morgan fingerprint density at radius 3 is 3.10 bits per heavy atom. The molecule has 0 saturated carbocycles. The molecule has 0 aromatic rings. The van der Waals surface area contributed by atoms with Crippen molar-refractivity contribution in [3.63, 3.8) is 0 Å². The molecule has 0 saturated heterocycles. The summed E-state index contributed by atoms with van der Waals surface area (Å²) in [5.41, 5.74) is 0. The van der Waals surface area contributed by atoms with Crippen molar-refractivity contribution in [3.8, 4) is 0 Å². The molecule has 0 N–H and O–H groups in total. The van der Waals surface area contributed by atoms with Gasteiger partial charge in [-0.25, -0.2) is 0 Å². The van der Waals surface area contributed by atoms with Gasteiger partial charge in [0.2, 0.25) is 0 Å². The van der Waals surface area contributed by atoms with Crippen LogP contribution in [-0.4, -0.2) is 13.7 Å². The molecule has 1 nitrogen and oxygen atoms in total. The Labute approximate surface area is 63.1 Å². The number of allylic oxidation sites excluding steroid dienone is 2. The fourth-order valence-electron chi connectivity index (χ4n) is 1.39. The van der Waals surface area contributed by atoms with Crippen LogP contribution in [0.4, 0.5) is 0 Å². The molecule has 0 bridgehead atoms. The van der Waals surface area contributed by atoms with Crippen LogP contribution in [-0.2, 0) is 4.74 Å². The number of methoxy groups -OCH3 is 1. The van der Waals surface area contributed by atoms with E-state index in [-0.39, 0.29) is 0 Å². The van der Waals surface area contributed by atoms with Gasteiger partial charge >= 0.3 is 0 Å². The van der Waals surface area contributed by atoms with Crippen LogP contribution < -0.4 is 0 Å². The van der Waals surface area contributed by atoms with E-state index in [1.54, 1.807) is 7.11 Å². The highest BCUT2D eigenvalue weighted by atomic mass is 16.5. The van der Waals surface area contributed by atoms with Gasteiger partial charge in [0.25, 0.3) is 0 Å². The van der Waals surface area contributed by atoms with E-state index in [0.717, 1.165) is 12.5 Å². The lowest BCUT2D eigenvalue weighted by molar-refractivity contribution is 0.181. The predicted molar refractivity (Wildman–Crippen MR) is 43.0 cm³/mol. The zero-order valence-electron chi connectivity index (χ0n) is 6.68. The highest BCUT2D eigenvalue weighted by molar-refractivity contribution is 4.92. The summed E-state index contributed by atoms with van der Waals surface area (Å²) < 4.78 is 5.01. The topological polar surface area (TPSA) is 9.23 Å². The lowest BCUT2D eigenvalue weighted by Gasteiger charge is -2.14. The quantitative estimate of drug-likeness (QED) is 0.547. The van der Waals surface area contributed by atoms with Gasteiger partial charge in [0.15, 0.2) is 0 Å². The van der Waals surface area contributed by atoms with Crippen LogP contribution in [0.5, 0.6) is 0 Å². The summed E-state index contributed by atoms with van der Waals surface area (Å²) in [4.78, 5) is 0. The maximum Gasteiger partial charge on any atom is 0.0467 e. The first-order valence-corrected chi connectivity index (χ1v) is 4.09. The number of ether oxygens (including phenoxy) is 1. The number of hydrogen-bond acceptors (Lipinski definition) is 1. The van der Waals surface area contributed by atoms with Gasteiger partial charge in [-0.3, -0.25) is 0 Å². The van der Waals surface area contributed by atoms with Gasteiger partial charge in [0.1, 0.15) is 0 Å². The van der Waals surface area contributed by atoms with Crippen molar-refractivity contribution in [1.29, 1.82) is 0 Å². The monoisotopic (exact) mass is 140 g/mol. The molecule has 0 aromatic heterocycles. The van der Waals surface area contributed by atoms with Gasteiger partial charge in [-0.1, -0.05) is 12.2 Å². The molecule has 0 fully saturated rings. The molecule has 0 aromatic carbocycles. The maximum atomic E-state index is 5.01. The number of hydrogen-bond donors (Lipinski definition) is 0. The van der Waals surface area contributed by atoms with E-state index in [1.807, 2.05) is 0 Å². The summed E-state index contributed by atoms with van der Waals surface area (Å²) in [6.45, 7) is 0.912. The maximum absolute atomic E-state index is 5.01. The van der Waals surface area contributed by atoms with Gasteiger partial charge in [0, 0.05) is 13.7 Å². The van der Waals surface area contributed by atoms with Crippen LogP contribution >= 0.6 is 0 Å². The average Bonchev–Trinajstić information content (AvgIpc) is 2.03. The molecule has 1 atom stereocenters. The molecule has 0 spiro atoms. The van der Waals surface area contributed by atoms with Crippen molar-refractivity contribution in [1.82, 2.24) is 0 Å². The zero-order valence-corrected chi connectivity index (χ0v) is 6.68. The van der Waals surface area contributed by atoms with E-state index in [9.17, 15) is 0 Å². The summed E-state index contributed by atoms with van der Waals surface area (Å²) in [5.74, 6) is 0.800. The van der Waals surface area contributed by atoms with Gasteiger partial charge in [-0.15, -0.1) is 0 Å². The fourth-order valence-corrected chi connectivity index (χ4v) is 1.39. The highest BCUT2D eigenvalue weighted by Crippen LogP contribution is 2.19. The molecule has 0 amide bonds. The Morgan fingerprint density at radius 1 is 1.60 bits per heavy atom. The molecule has 1 aliphatic rings. The van der Waals surface area contributed by atoms with Crippen LogP contribution in [0.2, 0.25) is 0 Å². The summed E-state index contributed by atoms with van der Waals surface area (Å²) >= 11 is 0. The van der Waals surface area contributed by atoms with Gasteiger partial charge in [-0.05, 0) is 31.6 Å². The molecule has 0 radical (unpaired) electrons. The molecular weight excluding hydrogens is 124 g/mol. The van der Waals surface area contributed by atoms with Gasteiger partial charge < -0.3 is 4.74 Å². The highest BCUT2D eigenvalue weighted by Gasteiger charge is 2.06. The molecular formula is C9H16O. The lowest BCUT2D eigenvalue weighted by Crippen LogP contribution is -2.03. The Kier molecular flexibility index (Phi) is 3.52. The van der Waals surface area contributed by atoms with Gasteiger partial charge in [0.05, 0.1) is 0 Å². The van der Waals surface area contributed by atoms with E-state index < -0.39 is 0 Å². The molecule has 0 aliphatic heterocycles. The first kappa shape index (κ1) is 7.80. The lowest BCUT2D eigenvalue weighted by atomic mass is 9.93. The largest absolute Gasteiger partial charge is 0.385 e. The van der Waals surface area contributed by atoms with E-state index in [0.29, 0.717) is 0 Å². The van der Waals surface area contributed by atoms with Crippen LogP contribution in [0.3, 0.4) is 0 Å². The fraction of sp³-hybridized carbons (Fsp3) is 0.778. The normalized spacial score (nSPS) is 25.1. The Balaban J connectivity index is 2.13. The minimum Gasteiger partial charge on any atom is -0.385 e. The Morgan fingerprint density at radius 2 is 2.50 bits per heavy atom. The molecule has 1 unspecified atom stereocenters. The van der Waals surface area contributed by atoms with Crippen LogP contribution in [0.25, 0.3) is 0 Å². The van der Waals surface area contributed by atoms with Crippen LogP contribution in [0, 0.1) is 5.92 Å². The second-order valence-electron chi connectivity index (χ2n) is 2.90. The van der Waals surface area contributed by atoms with Crippen molar-refractivity contribution < 1.29 is 4.74 Å². The van der Waals surface area contributed by atoms with E-state index in [4.69, 9.17) is 4.74 Å². The van der Waals surface area contributed by atoms with Gasteiger partial charge in [-0.2, -0.15) is 0 Å². The average molecular weight is 140 g/mol. The molecule has 58 valence electrons. The van der Waals surface area contributed by atoms with Crippen molar-refractivity contribution in [2.24, 2.45) is 5.92 Å². The van der Waals surface area contributed by atoms with E-state index in [1.165, 1.54) is 25.7 Å². The Bertz CT molecular complexity index is 107.